The van der Waals surface area contributed by atoms with E-state index in [0.29, 0.717) is 11.2 Å². The number of hydrogen-bond acceptors (Lipinski definition) is 8. The van der Waals surface area contributed by atoms with Crippen LogP contribution in [0.15, 0.2) is 12.7 Å². The SMILES string of the molecule is Nc1ncnc2c1ncn2[C@H]1C[C@H](O)[C@@H](COP(=O)(O)O)O1.O. The molecule has 0 radical (unpaired) electrons. The number of nitrogen functional groups attached to an aromatic ring is 1. The summed E-state index contributed by atoms with van der Waals surface area (Å²) < 4.78 is 22.2. The first-order chi connectivity index (χ1) is 10.3. The lowest BCUT2D eigenvalue weighted by atomic mass is 10.2. The van der Waals surface area contributed by atoms with E-state index in [1.165, 1.54) is 12.7 Å². The summed E-state index contributed by atoms with van der Waals surface area (Å²) in [7, 11) is -4.62. The Balaban J connectivity index is 0.00000192. The molecule has 0 amide bonds. The lowest BCUT2D eigenvalue weighted by Crippen LogP contribution is -2.25. The lowest BCUT2D eigenvalue weighted by molar-refractivity contribution is -0.0424. The van der Waals surface area contributed by atoms with E-state index in [1.54, 1.807) is 4.57 Å². The monoisotopic (exact) mass is 349 g/mol. The highest BCUT2D eigenvalue weighted by Gasteiger charge is 2.37. The summed E-state index contributed by atoms with van der Waals surface area (Å²) >= 11 is 0. The van der Waals surface area contributed by atoms with Crippen LogP contribution in [-0.4, -0.2) is 58.7 Å². The van der Waals surface area contributed by atoms with Gasteiger partial charge >= 0.3 is 7.82 Å². The van der Waals surface area contributed by atoms with Crippen molar-refractivity contribution in [1.29, 1.82) is 0 Å². The molecule has 0 unspecified atom stereocenters. The minimum atomic E-state index is -4.62. The van der Waals surface area contributed by atoms with Crippen LogP contribution in [0, 0.1) is 0 Å². The topological polar surface area (TPSA) is 197 Å². The molecule has 0 aromatic carbocycles. The zero-order valence-electron chi connectivity index (χ0n) is 11.7. The van der Waals surface area contributed by atoms with Crippen molar-refractivity contribution < 1.29 is 34.2 Å². The number of phosphoric acid groups is 1. The molecule has 3 rings (SSSR count). The van der Waals surface area contributed by atoms with Crippen molar-refractivity contribution in [2.75, 3.05) is 12.3 Å². The quantitative estimate of drug-likeness (QED) is 0.463. The van der Waals surface area contributed by atoms with Crippen LogP contribution >= 0.6 is 7.82 Å². The van der Waals surface area contributed by atoms with E-state index in [1.807, 2.05) is 0 Å². The van der Waals surface area contributed by atoms with E-state index < -0.39 is 32.9 Å². The molecule has 1 aliphatic rings. The Bertz CT molecular complexity index is 733. The van der Waals surface area contributed by atoms with Crippen LogP contribution in [0.5, 0.6) is 0 Å². The van der Waals surface area contributed by atoms with Gasteiger partial charge in [-0.25, -0.2) is 19.5 Å². The van der Waals surface area contributed by atoms with Crippen LogP contribution < -0.4 is 5.73 Å². The fourth-order valence-corrected chi connectivity index (χ4v) is 2.63. The number of nitrogens with zero attached hydrogens (tertiary/aromatic N) is 4. The van der Waals surface area contributed by atoms with Gasteiger partial charge in [0.2, 0.25) is 0 Å². The summed E-state index contributed by atoms with van der Waals surface area (Å²) in [5.74, 6) is 0.226. The van der Waals surface area contributed by atoms with Gasteiger partial charge in [0.1, 0.15) is 24.2 Å². The summed E-state index contributed by atoms with van der Waals surface area (Å²) in [6.45, 7) is -0.425. The Morgan fingerprint density at radius 2 is 2.17 bits per heavy atom. The molecule has 0 spiro atoms. The first kappa shape index (κ1) is 17.7. The second-order valence-electron chi connectivity index (χ2n) is 4.80. The third-order valence-electron chi connectivity index (χ3n) is 3.31. The van der Waals surface area contributed by atoms with E-state index in [4.69, 9.17) is 20.3 Å². The molecule has 7 N–H and O–H groups in total. The Kier molecular flexibility index (Phi) is 4.96. The fraction of sp³-hybridized carbons (Fsp3) is 0.500. The van der Waals surface area contributed by atoms with Crippen LogP contribution in [-0.2, 0) is 13.8 Å². The third-order valence-corrected chi connectivity index (χ3v) is 3.79. The molecular weight excluding hydrogens is 333 g/mol. The minimum Gasteiger partial charge on any atom is -0.412 e. The molecule has 0 aliphatic carbocycles. The van der Waals surface area contributed by atoms with Gasteiger partial charge in [0.25, 0.3) is 0 Å². The Hall–Kier alpha value is -1.66. The first-order valence-electron chi connectivity index (χ1n) is 6.32. The van der Waals surface area contributed by atoms with Crippen molar-refractivity contribution in [2.24, 2.45) is 0 Å². The maximum absolute atomic E-state index is 10.7. The van der Waals surface area contributed by atoms with Gasteiger partial charge in [0.15, 0.2) is 11.5 Å². The van der Waals surface area contributed by atoms with Crippen LogP contribution in [0.25, 0.3) is 11.2 Å². The third kappa shape index (κ3) is 3.64. The fourth-order valence-electron chi connectivity index (χ4n) is 2.29. The van der Waals surface area contributed by atoms with Gasteiger partial charge in [-0.2, -0.15) is 0 Å². The minimum absolute atomic E-state index is 0. The number of nitrogens with two attached hydrogens (primary N) is 1. The van der Waals surface area contributed by atoms with Gasteiger partial charge in [0.05, 0.1) is 19.0 Å². The summed E-state index contributed by atoms with van der Waals surface area (Å²) in [6.07, 6.45) is 0.543. The molecule has 1 saturated heterocycles. The molecule has 13 heteroatoms. The average Bonchev–Trinajstić information content (AvgIpc) is 3.00. The number of aromatic nitrogens is 4. The van der Waals surface area contributed by atoms with Gasteiger partial charge in [-0.3, -0.25) is 9.09 Å². The number of anilines is 1. The van der Waals surface area contributed by atoms with E-state index in [2.05, 4.69) is 19.5 Å². The van der Waals surface area contributed by atoms with Crippen molar-refractivity contribution >= 4 is 24.8 Å². The van der Waals surface area contributed by atoms with Crippen LogP contribution in [0.4, 0.5) is 5.82 Å². The molecule has 128 valence electrons. The van der Waals surface area contributed by atoms with Crippen molar-refractivity contribution in [3.05, 3.63) is 12.7 Å². The molecule has 2 aromatic heterocycles. The van der Waals surface area contributed by atoms with Gasteiger partial charge in [-0.15, -0.1) is 0 Å². The summed E-state index contributed by atoms with van der Waals surface area (Å²) in [6, 6.07) is 0. The van der Waals surface area contributed by atoms with E-state index >= 15 is 0 Å². The summed E-state index contributed by atoms with van der Waals surface area (Å²) in [4.78, 5) is 29.4. The normalized spacial score (nSPS) is 24.7. The summed E-state index contributed by atoms with van der Waals surface area (Å²) in [5, 5.41) is 9.93. The smallest absolute Gasteiger partial charge is 0.412 e. The zero-order valence-corrected chi connectivity index (χ0v) is 12.6. The molecule has 23 heavy (non-hydrogen) atoms. The molecule has 3 atom stereocenters. The van der Waals surface area contributed by atoms with E-state index in [9.17, 15) is 9.67 Å². The first-order valence-corrected chi connectivity index (χ1v) is 7.85. The Labute approximate surface area is 129 Å². The van der Waals surface area contributed by atoms with Gasteiger partial charge in [-0.05, 0) is 0 Å². The predicted molar refractivity (Wildman–Crippen MR) is 75.9 cm³/mol. The molecule has 2 aromatic rings. The molecule has 1 aliphatic heterocycles. The van der Waals surface area contributed by atoms with Gasteiger partial charge in [-0.1, -0.05) is 0 Å². The predicted octanol–water partition coefficient (Wildman–Crippen LogP) is -1.66. The highest BCUT2D eigenvalue weighted by molar-refractivity contribution is 7.46. The summed E-state index contributed by atoms with van der Waals surface area (Å²) in [5.41, 5.74) is 6.55. The maximum atomic E-state index is 10.7. The highest BCUT2D eigenvalue weighted by Crippen LogP contribution is 2.38. The number of ether oxygens (including phenoxy) is 1. The van der Waals surface area contributed by atoms with Crippen LogP contribution in [0.2, 0.25) is 0 Å². The largest absolute Gasteiger partial charge is 0.469 e. The number of phosphoric ester groups is 1. The second-order valence-corrected chi connectivity index (χ2v) is 6.04. The van der Waals surface area contributed by atoms with Crippen LogP contribution in [0.1, 0.15) is 12.6 Å². The molecule has 0 bridgehead atoms. The Morgan fingerprint density at radius 3 is 2.87 bits per heavy atom. The van der Waals surface area contributed by atoms with Crippen molar-refractivity contribution in [1.82, 2.24) is 19.5 Å². The number of imidazole rings is 1. The second kappa shape index (κ2) is 6.45. The lowest BCUT2D eigenvalue weighted by Gasteiger charge is -2.16. The van der Waals surface area contributed by atoms with Crippen molar-refractivity contribution in [3.63, 3.8) is 0 Å². The number of aliphatic hydroxyl groups is 1. The van der Waals surface area contributed by atoms with Crippen molar-refractivity contribution in [2.45, 2.75) is 24.9 Å². The molecule has 12 nitrogen and oxygen atoms in total. The number of fused-ring (bicyclic) bond motifs is 1. The standard InChI is InChI=1S/C10H14N5O6P.H2O/c11-9-8-10(13-3-12-9)15(4-14-8)7-1-5(16)6(21-7)2-20-22(17,18)19;/h3-7,16H,1-2H2,(H2,11,12,13)(H2,17,18,19);1H2/t5-,6+,7+;/m0./s1. The van der Waals surface area contributed by atoms with Gasteiger partial charge in [0, 0.05) is 6.42 Å². The number of aliphatic hydroxyl groups excluding tert-OH is 1. The van der Waals surface area contributed by atoms with Crippen molar-refractivity contribution in [3.8, 4) is 0 Å². The average molecular weight is 349 g/mol. The molecule has 0 saturated carbocycles. The highest BCUT2D eigenvalue weighted by atomic mass is 31.2. The van der Waals surface area contributed by atoms with Gasteiger partial charge < -0.3 is 30.8 Å². The van der Waals surface area contributed by atoms with E-state index in [0.717, 1.165) is 0 Å². The number of rotatable bonds is 4. The maximum Gasteiger partial charge on any atom is 0.469 e. The van der Waals surface area contributed by atoms with Crippen LogP contribution in [0.3, 0.4) is 0 Å². The zero-order chi connectivity index (χ0) is 15.9. The number of hydrogen-bond donors (Lipinski definition) is 4. The Morgan fingerprint density at radius 1 is 1.43 bits per heavy atom. The molecule has 3 heterocycles. The van der Waals surface area contributed by atoms with E-state index in [-0.39, 0.29) is 17.7 Å². The molecular formula is C10H16N5O7P. The molecule has 1 fully saturated rings.